The van der Waals surface area contributed by atoms with Crippen LogP contribution in [-0.4, -0.2) is 30.5 Å². The van der Waals surface area contributed by atoms with E-state index in [4.69, 9.17) is 25.5 Å². The molecular formula is C25H22ClNO6. The summed E-state index contributed by atoms with van der Waals surface area (Å²) >= 11 is 6.17. The lowest BCUT2D eigenvalue weighted by atomic mass is 9.99. The summed E-state index contributed by atoms with van der Waals surface area (Å²) in [4.78, 5) is 27.7. The molecule has 1 atom stereocenters. The third-order valence-corrected chi connectivity index (χ3v) is 5.64. The number of carbonyl (C=O) groups is 2. The molecule has 7 nitrogen and oxygen atoms in total. The minimum absolute atomic E-state index is 0.106. The van der Waals surface area contributed by atoms with E-state index in [2.05, 4.69) is 0 Å². The van der Waals surface area contributed by atoms with Gasteiger partial charge in [-0.05, 0) is 56.3 Å². The number of ether oxygens (including phenoxy) is 2. The number of anilines is 1. The molecule has 1 fully saturated rings. The molecule has 0 bridgehead atoms. The predicted octanol–water partition coefficient (Wildman–Crippen LogP) is 5.28. The average Bonchev–Trinajstić information content (AvgIpc) is 3.35. The van der Waals surface area contributed by atoms with Gasteiger partial charge in [-0.3, -0.25) is 14.5 Å². The normalized spacial score (nSPS) is 17.5. The number of benzene rings is 2. The first-order chi connectivity index (χ1) is 15.9. The van der Waals surface area contributed by atoms with E-state index in [9.17, 15) is 14.7 Å². The van der Waals surface area contributed by atoms with Gasteiger partial charge in [0.25, 0.3) is 11.7 Å². The van der Waals surface area contributed by atoms with Gasteiger partial charge in [-0.2, -0.15) is 0 Å². The second-order valence-electron chi connectivity index (χ2n) is 7.37. The quantitative estimate of drug-likeness (QED) is 0.301. The molecule has 0 radical (unpaired) electrons. The molecule has 0 saturated carbocycles. The number of aryl methyl sites for hydroxylation is 1. The van der Waals surface area contributed by atoms with Crippen LogP contribution in [0.2, 0.25) is 5.02 Å². The monoisotopic (exact) mass is 467 g/mol. The summed E-state index contributed by atoms with van der Waals surface area (Å²) < 4.78 is 16.7. The van der Waals surface area contributed by atoms with Crippen molar-refractivity contribution in [2.75, 3.05) is 18.6 Å². The number of hydrogen-bond donors (Lipinski definition) is 1. The number of methoxy groups -OCH3 is 1. The van der Waals surface area contributed by atoms with Crippen molar-refractivity contribution in [3.8, 4) is 11.5 Å². The van der Waals surface area contributed by atoms with E-state index >= 15 is 0 Å². The number of Topliss-reactive ketones (excluding diaryl/α,β-unsaturated/α-hetero) is 1. The van der Waals surface area contributed by atoms with Crippen LogP contribution in [0.3, 0.4) is 0 Å². The van der Waals surface area contributed by atoms with Gasteiger partial charge in [0.15, 0.2) is 0 Å². The zero-order chi connectivity index (χ0) is 23.7. The number of rotatable bonds is 6. The van der Waals surface area contributed by atoms with Crippen LogP contribution < -0.4 is 14.4 Å². The molecule has 170 valence electrons. The van der Waals surface area contributed by atoms with Gasteiger partial charge in [0.2, 0.25) is 0 Å². The van der Waals surface area contributed by atoms with Gasteiger partial charge < -0.3 is 19.0 Å². The maximum absolute atomic E-state index is 13.2. The number of aliphatic hydroxyl groups is 1. The maximum Gasteiger partial charge on any atom is 0.300 e. The van der Waals surface area contributed by atoms with Crippen LogP contribution >= 0.6 is 11.6 Å². The number of ketones is 1. The lowest BCUT2D eigenvalue weighted by molar-refractivity contribution is -0.132. The van der Waals surface area contributed by atoms with E-state index in [1.54, 1.807) is 62.4 Å². The number of hydrogen-bond acceptors (Lipinski definition) is 6. The highest BCUT2D eigenvalue weighted by molar-refractivity contribution is 6.51. The summed E-state index contributed by atoms with van der Waals surface area (Å²) in [5, 5.41) is 11.6. The van der Waals surface area contributed by atoms with E-state index in [0.717, 1.165) is 0 Å². The summed E-state index contributed by atoms with van der Waals surface area (Å²) in [7, 11) is 1.48. The number of furan rings is 1. The van der Waals surface area contributed by atoms with Crippen molar-refractivity contribution in [1.82, 2.24) is 0 Å². The second-order valence-corrected chi connectivity index (χ2v) is 7.77. The Hall–Kier alpha value is -3.71. The Morgan fingerprint density at radius 1 is 1.12 bits per heavy atom. The number of para-hydroxylation sites is 2. The van der Waals surface area contributed by atoms with Crippen LogP contribution in [0.25, 0.3) is 5.76 Å². The van der Waals surface area contributed by atoms with Crippen molar-refractivity contribution in [3.05, 3.63) is 82.3 Å². The summed E-state index contributed by atoms with van der Waals surface area (Å²) in [6.45, 7) is 3.93. The Balaban J connectivity index is 1.94. The molecule has 1 aromatic heterocycles. The largest absolute Gasteiger partial charge is 0.507 e. The molecule has 0 aliphatic carbocycles. The molecule has 33 heavy (non-hydrogen) atoms. The topological polar surface area (TPSA) is 89.2 Å². The zero-order valence-corrected chi connectivity index (χ0v) is 19.1. The highest BCUT2D eigenvalue weighted by Gasteiger charge is 2.49. The number of halogens is 1. The van der Waals surface area contributed by atoms with Crippen LogP contribution in [0.1, 0.15) is 30.0 Å². The van der Waals surface area contributed by atoms with Crippen LogP contribution in [0, 0.1) is 6.92 Å². The van der Waals surface area contributed by atoms with Crippen molar-refractivity contribution in [2.24, 2.45) is 0 Å². The van der Waals surface area contributed by atoms with E-state index < -0.39 is 17.7 Å². The molecule has 1 aliphatic heterocycles. The number of aliphatic hydroxyl groups excluding tert-OH is 1. The fourth-order valence-electron chi connectivity index (χ4n) is 3.85. The summed E-state index contributed by atoms with van der Waals surface area (Å²) in [5.41, 5.74) is 0.561. The molecule has 1 amide bonds. The summed E-state index contributed by atoms with van der Waals surface area (Å²) in [6, 6.07) is 13.9. The van der Waals surface area contributed by atoms with Crippen LogP contribution in [0.5, 0.6) is 11.5 Å². The van der Waals surface area contributed by atoms with Gasteiger partial charge in [0, 0.05) is 5.56 Å². The molecule has 8 heteroatoms. The highest BCUT2D eigenvalue weighted by Crippen LogP contribution is 2.45. The molecule has 1 unspecified atom stereocenters. The number of amides is 1. The van der Waals surface area contributed by atoms with Crippen molar-refractivity contribution in [2.45, 2.75) is 19.9 Å². The van der Waals surface area contributed by atoms with E-state index in [0.29, 0.717) is 40.3 Å². The molecule has 0 spiro atoms. The Morgan fingerprint density at radius 3 is 2.55 bits per heavy atom. The fraction of sp³-hybridized carbons (Fsp3) is 0.200. The van der Waals surface area contributed by atoms with Crippen LogP contribution in [0.15, 0.2) is 64.6 Å². The summed E-state index contributed by atoms with van der Waals surface area (Å²) in [6.07, 6.45) is 0. The Morgan fingerprint density at radius 2 is 1.88 bits per heavy atom. The number of carbonyl (C=O) groups excluding carboxylic acids is 2. The zero-order valence-electron chi connectivity index (χ0n) is 18.3. The van der Waals surface area contributed by atoms with E-state index in [1.807, 2.05) is 0 Å². The molecule has 4 rings (SSSR count). The lowest BCUT2D eigenvalue weighted by Gasteiger charge is -2.25. The third kappa shape index (κ3) is 3.96. The van der Waals surface area contributed by atoms with Gasteiger partial charge in [-0.1, -0.05) is 23.7 Å². The van der Waals surface area contributed by atoms with E-state index in [1.165, 1.54) is 18.1 Å². The van der Waals surface area contributed by atoms with Crippen molar-refractivity contribution in [1.29, 1.82) is 0 Å². The molecule has 2 aromatic carbocycles. The predicted molar refractivity (Wildman–Crippen MR) is 124 cm³/mol. The van der Waals surface area contributed by atoms with Crippen LogP contribution in [-0.2, 0) is 9.59 Å². The first kappa shape index (κ1) is 22.5. The standard InChI is InChI=1S/C25H22ClNO6/c1-4-32-20-13-15(10-11-16(20)26)23(28)21-22(19-12-9-14(2)33-19)27(25(30)24(21)29)17-7-5-6-8-18(17)31-3/h5-13,22,28H,4H2,1-3H3/b23-21-. The van der Waals surface area contributed by atoms with Crippen LogP contribution in [0.4, 0.5) is 5.69 Å². The highest BCUT2D eigenvalue weighted by atomic mass is 35.5. The van der Waals surface area contributed by atoms with Gasteiger partial charge in [-0.25, -0.2) is 0 Å². The molecule has 2 heterocycles. The Labute approximate surface area is 195 Å². The fourth-order valence-corrected chi connectivity index (χ4v) is 4.02. The first-order valence-corrected chi connectivity index (χ1v) is 10.7. The maximum atomic E-state index is 13.2. The minimum atomic E-state index is -0.999. The second kappa shape index (κ2) is 9.03. The minimum Gasteiger partial charge on any atom is -0.507 e. The van der Waals surface area contributed by atoms with Gasteiger partial charge in [-0.15, -0.1) is 0 Å². The van der Waals surface area contributed by atoms with Crippen molar-refractivity contribution in [3.63, 3.8) is 0 Å². The van der Waals surface area contributed by atoms with Crippen molar-refractivity contribution >= 4 is 34.7 Å². The Bertz CT molecular complexity index is 1260. The number of nitrogens with zero attached hydrogens (tertiary/aromatic N) is 1. The SMILES string of the molecule is CCOc1cc(/C(O)=C2/C(=O)C(=O)N(c3ccccc3OC)C2c2ccc(C)o2)ccc1Cl. The third-order valence-electron chi connectivity index (χ3n) is 5.32. The Kier molecular flexibility index (Phi) is 6.16. The van der Waals surface area contributed by atoms with E-state index in [-0.39, 0.29) is 16.9 Å². The van der Waals surface area contributed by atoms with Gasteiger partial charge >= 0.3 is 0 Å². The van der Waals surface area contributed by atoms with Gasteiger partial charge in [0.05, 0.1) is 30.0 Å². The molecular weight excluding hydrogens is 446 g/mol. The lowest BCUT2D eigenvalue weighted by Crippen LogP contribution is -2.29. The molecule has 1 aliphatic rings. The summed E-state index contributed by atoms with van der Waals surface area (Å²) in [5.74, 6) is -0.323. The molecule has 1 N–H and O–H groups in total. The van der Waals surface area contributed by atoms with Gasteiger partial charge in [0.1, 0.15) is 34.8 Å². The first-order valence-electron chi connectivity index (χ1n) is 10.3. The molecule has 1 saturated heterocycles. The smallest absolute Gasteiger partial charge is 0.300 e. The van der Waals surface area contributed by atoms with Crippen molar-refractivity contribution < 1.29 is 28.6 Å². The average molecular weight is 468 g/mol. The molecule has 3 aromatic rings.